The second kappa shape index (κ2) is 3.94. The van der Waals surface area contributed by atoms with E-state index in [1.165, 1.54) is 0 Å². The maximum absolute atomic E-state index is 11.9. The van der Waals surface area contributed by atoms with Crippen LogP contribution in [0.1, 0.15) is 40.0 Å². The zero-order valence-electron chi connectivity index (χ0n) is 9.59. The highest BCUT2D eigenvalue weighted by Gasteiger charge is 2.40. The SMILES string of the molecule is O=C(ON1C(=O)c2ccccc2C1=O)C1CCC1. The van der Waals surface area contributed by atoms with E-state index in [0.29, 0.717) is 5.06 Å². The van der Waals surface area contributed by atoms with Crippen molar-refractivity contribution in [1.29, 1.82) is 0 Å². The number of carbonyl (C=O) groups excluding carboxylic acids is 3. The lowest BCUT2D eigenvalue weighted by molar-refractivity contribution is -0.176. The zero-order chi connectivity index (χ0) is 12.7. The molecule has 0 N–H and O–H groups in total. The monoisotopic (exact) mass is 245 g/mol. The van der Waals surface area contributed by atoms with Gasteiger partial charge in [-0.05, 0) is 25.0 Å². The van der Waals surface area contributed by atoms with E-state index in [1.54, 1.807) is 24.3 Å². The molecule has 1 heterocycles. The lowest BCUT2D eigenvalue weighted by atomic mass is 9.86. The van der Waals surface area contributed by atoms with Gasteiger partial charge >= 0.3 is 5.97 Å². The van der Waals surface area contributed by atoms with Gasteiger partial charge in [0.05, 0.1) is 17.0 Å². The van der Waals surface area contributed by atoms with E-state index in [-0.39, 0.29) is 17.0 Å². The van der Waals surface area contributed by atoms with Crippen LogP contribution in [0, 0.1) is 5.92 Å². The van der Waals surface area contributed by atoms with E-state index in [0.717, 1.165) is 19.3 Å². The van der Waals surface area contributed by atoms with Gasteiger partial charge in [0, 0.05) is 0 Å². The molecule has 1 aromatic rings. The number of fused-ring (bicyclic) bond motifs is 1. The van der Waals surface area contributed by atoms with E-state index in [4.69, 9.17) is 4.84 Å². The molecular formula is C13H11NO4. The van der Waals surface area contributed by atoms with Crippen LogP contribution in [0.25, 0.3) is 0 Å². The number of rotatable bonds is 2. The zero-order valence-corrected chi connectivity index (χ0v) is 9.59. The molecule has 0 unspecified atom stereocenters. The molecule has 0 spiro atoms. The van der Waals surface area contributed by atoms with Crippen LogP contribution in [0.3, 0.4) is 0 Å². The summed E-state index contributed by atoms with van der Waals surface area (Å²) in [6, 6.07) is 6.43. The summed E-state index contributed by atoms with van der Waals surface area (Å²) in [6.45, 7) is 0. The smallest absolute Gasteiger partial charge is 0.329 e. The Hall–Kier alpha value is -2.17. The van der Waals surface area contributed by atoms with E-state index >= 15 is 0 Å². The maximum Gasteiger partial charge on any atom is 0.336 e. The number of hydrogen-bond donors (Lipinski definition) is 0. The minimum absolute atomic E-state index is 0.172. The average Bonchev–Trinajstić information content (AvgIpc) is 2.53. The molecule has 1 aliphatic carbocycles. The molecule has 0 radical (unpaired) electrons. The van der Waals surface area contributed by atoms with Crippen LogP contribution in [-0.2, 0) is 9.63 Å². The number of hydroxylamine groups is 2. The number of benzene rings is 1. The summed E-state index contributed by atoms with van der Waals surface area (Å²) in [6.07, 6.45) is 2.52. The first-order chi connectivity index (χ1) is 8.68. The highest BCUT2D eigenvalue weighted by molar-refractivity contribution is 6.20. The van der Waals surface area contributed by atoms with Gasteiger partial charge in [-0.1, -0.05) is 23.6 Å². The summed E-state index contributed by atoms with van der Waals surface area (Å²) >= 11 is 0. The van der Waals surface area contributed by atoms with Gasteiger partial charge in [0.15, 0.2) is 0 Å². The molecule has 5 nitrogen and oxygen atoms in total. The quantitative estimate of drug-likeness (QED) is 0.741. The van der Waals surface area contributed by atoms with Gasteiger partial charge in [-0.25, -0.2) is 4.79 Å². The van der Waals surface area contributed by atoms with Crippen LogP contribution in [0.15, 0.2) is 24.3 Å². The summed E-state index contributed by atoms with van der Waals surface area (Å²) < 4.78 is 0. The van der Waals surface area contributed by atoms with Gasteiger partial charge in [0.1, 0.15) is 0 Å². The molecule has 2 amide bonds. The lowest BCUT2D eigenvalue weighted by Crippen LogP contribution is -2.36. The molecule has 92 valence electrons. The normalized spacial score (nSPS) is 18.6. The Morgan fingerprint density at radius 2 is 1.67 bits per heavy atom. The molecular weight excluding hydrogens is 234 g/mol. The Kier molecular flexibility index (Phi) is 2.40. The Morgan fingerprint density at radius 3 is 2.11 bits per heavy atom. The minimum atomic E-state index is -0.566. The van der Waals surface area contributed by atoms with Crippen LogP contribution >= 0.6 is 0 Å². The third-order valence-corrected chi connectivity index (χ3v) is 3.38. The Morgan fingerprint density at radius 1 is 1.11 bits per heavy atom. The van der Waals surface area contributed by atoms with Gasteiger partial charge < -0.3 is 4.84 Å². The van der Waals surface area contributed by atoms with Crippen LogP contribution in [0.4, 0.5) is 0 Å². The molecule has 1 fully saturated rings. The van der Waals surface area contributed by atoms with Crippen molar-refractivity contribution in [2.45, 2.75) is 19.3 Å². The fourth-order valence-corrected chi connectivity index (χ4v) is 2.06. The topological polar surface area (TPSA) is 63.7 Å². The average molecular weight is 245 g/mol. The van der Waals surface area contributed by atoms with Crippen LogP contribution in [0.2, 0.25) is 0 Å². The van der Waals surface area contributed by atoms with Crippen molar-refractivity contribution in [3.05, 3.63) is 35.4 Å². The van der Waals surface area contributed by atoms with Crippen molar-refractivity contribution < 1.29 is 19.2 Å². The Bertz CT molecular complexity index is 513. The number of imide groups is 1. The fraction of sp³-hybridized carbons (Fsp3) is 0.308. The first-order valence-corrected chi connectivity index (χ1v) is 5.88. The standard InChI is InChI=1S/C13H11NO4/c15-11-9-6-1-2-7-10(9)12(16)14(11)18-13(17)8-4-3-5-8/h1-2,6-8H,3-5H2. The van der Waals surface area contributed by atoms with Crippen molar-refractivity contribution >= 4 is 17.8 Å². The van der Waals surface area contributed by atoms with Crippen molar-refractivity contribution in [2.24, 2.45) is 5.92 Å². The summed E-state index contributed by atoms with van der Waals surface area (Å²) in [5, 5.41) is 0.575. The third kappa shape index (κ3) is 1.51. The van der Waals surface area contributed by atoms with Gasteiger partial charge in [0.2, 0.25) is 0 Å². The van der Waals surface area contributed by atoms with E-state index in [2.05, 4.69) is 0 Å². The molecule has 18 heavy (non-hydrogen) atoms. The van der Waals surface area contributed by atoms with Crippen molar-refractivity contribution in [2.75, 3.05) is 0 Å². The van der Waals surface area contributed by atoms with Gasteiger partial charge in [-0.2, -0.15) is 0 Å². The highest BCUT2D eigenvalue weighted by Crippen LogP contribution is 2.29. The summed E-state index contributed by atoms with van der Waals surface area (Å²) in [5.41, 5.74) is 0.563. The second-order valence-corrected chi connectivity index (χ2v) is 4.49. The van der Waals surface area contributed by atoms with Crippen LogP contribution < -0.4 is 0 Å². The molecule has 0 saturated heterocycles. The molecule has 0 bridgehead atoms. The largest absolute Gasteiger partial charge is 0.336 e. The van der Waals surface area contributed by atoms with Gasteiger partial charge in [-0.15, -0.1) is 0 Å². The number of amides is 2. The summed E-state index contributed by atoms with van der Waals surface area (Å²) in [5.74, 6) is -1.79. The minimum Gasteiger partial charge on any atom is -0.329 e. The number of carbonyl (C=O) groups is 3. The van der Waals surface area contributed by atoms with Crippen molar-refractivity contribution in [3.63, 3.8) is 0 Å². The highest BCUT2D eigenvalue weighted by atomic mass is 16.7. The molecule has 0 aromatic heterocycles. The number of hydrogen-bond acceptors (Lipinski definition) is 4. The van der Waals surface area contributed by atoms with Crippen molar-refractivity contribution in [1.82, 2.24) is 5.06 Å². The molecule has 1 saturated carbocycles. The molecule has 0 atom stereocenters. The molecule has 1 aromatic carbocycles. The third-order valence-electron chi connectivity index (χ3n) is 3.38. The second-order valence-electron chi connectivity index (χ2n) is 4.49. The van der Waals surface area contributed by atoms with Gasteiger partial charge in [-0.3, -0.25) is 9.59 Å². The molecule has 1 aliphatic heterocycles. The van der Waals surface area contributed by atoms with E-state index < -0.39 is 17.8 Å². The summed E-state index contributed by atoms with van der Waals surface area (Å²) in [4.78, 5) is 40.4. The van der Waals surface area contributed by atoms with Crippen LogP contribution in [0.5, 0.6) is 0 Å². The lowest BCUT2D eigenvalue weighted by Gasteiger charge is -2.24. The van der Waals surface area contributed by atoms with E-state index in [9.17, 15) is 14.4 Å². The Labute approximate surface area is 103 Å². The first-order valence-electron chi connectivity index (χ1n) is 5.88. The predicted octanol–water partition coefficient (Wildman–Crippen LogP) is 1.54. The molecule has 3 rings (SSSR count). The Balaban J connectivity index is 1.81. The fourth-order valence-electron chi connectivity index (χ4n) is 2.06. The first kappa shape index (κ1) is 11.0. The predicted molar refractivity (Wildman–Crippen MR) is 60.4 cm³/mol. The summed E-state index contributed by atoms with van der Waals surface area (Å²) in [7, 11) is 0. The molecule has 5 heteroatoms. The van der Waals surface area contributed by atoms with E-state index in [1.807, 2.05) is 0 Å². The van der Waals surface area contributed by atoms with Gasteiger partial charge in [0.25, 0.3) is 11.8 Å². The molecule has 2 aliphatic rings. The number of nitrogens with zero attached hydrogens (tertiary/aromatic N) is 1. The van der Waals surface area contributed by atoms with Crippen molar-refractivity contribution in [3.8, 4) is 0 Å². The maximum atomic E-state index is 11.9. The van der Waals surface area contributed by atoms with Crippen LogP contribution in [-0.4, -0.2) is 22.8 Å².